The van der Waals surface area contributed by atoms with Gasteiger partial charge in [0.1, 0.15) is 0 Å². The molecule has 15 heavy (non-hydrogen) atoms. The summed E-state index contributed by atoms with van der Waals surface area (Å²) in [5.41, 5.74) is -1.35. The van der Waals surface area contributed by atoms with Crippen LogP contribution >= 0.6 is 0 Å². The van der Waals surface area contributed by atoms with Crippen LogP contribution in [0.3, 0.4) is 0 Å². The molecule has 3 heteroatoms. The predicted molar refractivity (Wildman–Crippen MR) is 56.5 cm³/mol. The second kappa shape index (κ2) is 3.48. The molecule has 0 unspecified atom stereocenters. The fourth-order valence-corrected chi connectivity index (χ4v) is 3.58. The van der Waals surface area contributed by atoms with Crippen LogP contribution in [-0.2, 0) is 4.79 Å². The lowest BCUT2D eigenvalue weighted by molar-refractivity contribution is -0.191. The maximum atomic E-state index is 11.4. The van der Waals surface area contributed by atoms with Crippen LogP contribution in [0.2, 0.25) is 0 Å². The van der Waals surface area contributed by atoms with Gasteiger partial charge in [0.25, 0.3) is 0 Å². The summed E-state index contributed by atoms with van der Waals surface area (Å²) in [5, 5.41) is 19.1. The zero-order valence-electron chi connectivity index (χ0n) is 9.33. The molecule has 0 aromatic heterocycles. The van der Waals surface area contributed by atoms with E-state index in [4.69, 9.17) is 0 Å². The third kappa shape index (κ3) is 1.78. The van der Waals surface area contributed by atoms with Crippen molar-refractivity contribution in [1.29, 1.82) is 0 Å². The first kappa shape index (κ1) is 10.9. The highest BCUT2D eigenvalue weighted by Gasteiger charge is 2.59. The van der Waals surface area contributed by atoms with E-state index >= 15 is 0 Å². The number of carboxylic acids is 1. The van der Waals surface area contributed by atoms with Gasteiger partial charge in [0, 0.05) is 0 Å². The summed E-state index contributed by atoms with van der Waals surface area (Å²) < 4.78 is 0. The van der Waals surface area contributed by atoms with E-state index in [0.717, 1.165) is 25.7 Å². The first-order valence-electron chi connectivity index (χ1n) is 5.92. The van der Waals surface area contributed by atoms with Gasteiger partial charge in [-0.1, -0.05) is 19.3 Å². The topological polar surface area (TPSA) is 57.5 Å². The van der Waals surface area contributed by atoms with Gasteiger partial charge in [0.2, 0.25) is 0 Å². The first-order valence-corrected chi connectivity index (χ1v) is 5.92. The second-order valence-corrected chi connectivity index (χ2v) is 5.65. The van der Waals surface area contributed by atoms with Crippen molar-refractivity contribution in [3.8, 4) is 0 Å². The second-order valence-electron chi connectivity index (χ2n) is 5.65. The minimum atomic E-state index is -0.740. The van der Waals surface area contributed by atoms with E-state index in [-0.39, 0.29) is 0 Å². The van der Waals surface area contributed by atoms with Gasteiger partial charge in [-0.3, -0.25) is 4.79 Å². The highest BCUT2D eigenvalue weighted by molar-refractivity contribution is 5.77. The van der Waals surface area contributed by atoms with Crippen LogP contribution < -0.4 is 0 Å². The number of hydrogen-bond acceptors (Lipinski definition) is 2. The average molecular weight is 212 g/mol. The quantitative estimate of drug-likeness (QED) is 0.737. The maximum absolute atomic E-state index is 11.4. The molecule has 3 nitrogen and oxygen atoms in total. The fourth-order valence-electron chi connectivity index (χ4n) is 3.58. The van der Waals surface area contributed by atoms with E-state index in [1.807, 2.05) is 0 Å². The van der Waals surface area contributed by atoms with E-state index in [2.05, 4.69) is 0 Å². The Balaban J connectivity index is 2.10. The zero-order chi connectivity index (χ0) is 11.1. The van der Waals surface area contributed by atoms with Gasteiger partial charge in [-0.25, -0.2) is 0 Å². The van der Waals surface area contributed by atoms with Crippen LogP contribution in [0.25, 0.3) is 0 Å². The van der Waals surface area contributed by atoms with Gasteiger partial charge in [0.05, 0.1) is 11.0 Å². The van der Waals surface area contributed by atoms with Crippen LogP contribution in [0.5, 0.6) is 0 Å². The van der Waals surface area contributed by atoms with Crippen molar-refractivity contribution in [2.24, 2.45) is 11.3 Å². The van der Waals surface area contributed by atoms with E-state index in [0.29, 0.717) is 18.8 Å². The highest BCUT2D eigenvalue weighted by atomic mass is 16.4. The molecule has 0 spiro atoms. The van der Waals surface area contributed by atoms with Crippen LogP contribution in [0, 0.1) is 11.3 Å². The van der Waals surface area contributed by atoms with Crippen molar-refractivity contribution in [3.63, 3.8) is 0 Å². The Labute approximate surface area is 90.5 Å². The van der Waals surface area contributed by atoms with Crippen molar-refractivity contribution >= 4 is 5.97 Å². The molecule has 0 saturated heterocycles. The maximum Gasteiger partial charge on any atom is 0.310 e. The fraction of sp³-hybridized carbons (Fsp3) is 0.917. The van der Waals surface area contributed by atoms with Crippen molar-refractivity contribution in [2.45, 2.75) is 57.5 Å². The number of aliphatic hydroxyl groups is 1. The summed E-state index contributed by atoms with van der Waals surface area (Å²) in [6.45, 7) is 1.75. The van der Waals surface area contributed by atoms with Crippen LogP contribution in [0.15, 0.2) is 0 Å². The molecule has 2 aliphatic carbocycles. The molecule has 2 fully saturated rings. The lowest BCUT2D eigenvalue weighted by Gasteiger charge is -2.53. The van der Waals surface area contributed by atoms with E-state index in [1.165, 1.54) is 6.42 Å². The molecule has 0 heterocycles. The van der Waals surface area contributed by atoms with E-state index in [1.54, 1.807) is 6.92 Å². The van der Waals surface area contributed by atoms with Gasteiger partial charge < -0.3 is 10.2 Å². The Morgan fingerprint density at radius 3 is 2.13 bits per heavy atom. The number of aliphatic carboxylic acids is 1. The number of rotatable bonds is 2. The predicted octanol–water partition coefficient (Wildman–Crippen LogP) is 2.18. The Morgan fingerprint density at radius 1 is 1.20 bits per heavy atom. The minimum absolute atomic E-state index is 0.295. The molecule has 0 amide bonds. The summed E-state index contributed by atoms with van der Waals surface area (Å²) in [6.07, 6.45) is 6.50. The summed E-state index contributed by atoms with van der Waals surface area (Å²) in [5.74, 6) is -0.398. The molecule has 0 aromatic rings. The summed E-state index contributed by atoms with van der Waals surface area (Å²) >= 11 is 0. The lowest BCUT2D eigenvalue weighted by atomic mass is 9.52. The van der Waals surface area contributed by atoms with Crippen molar-refractivity contribution in [2.75, 3.05) is 0 Å². The molecular formula is C12H20O3. The SMILES string of the molecule is CC1(O)CC(C(=O)O)(C2CCCCC2)C1. The van der Waals surface area contributed by atoms with Crippen molar-refractivity contribution in [1.82, 2.24) is 0 Å². The Morgan fingerprint density at radius 2 is 1.73 bits per heavy atom. The molecule has 0 bridgehead atoms. The summed E-state index contributed by atoms with van der Waals surface area (Å²) in [4.78, 5) is 11.4. The third-order valence-corrected chi connectivity index (χ3v) is 4.21. The minimum Gasteiger partial charge on any atom is -0.481 e. The number of carboxylic acid groups (broad SMARTS) is 1. The average Bonchev–Trinajstić information content (AvgIpc) is 2.14. The number of carbonyl (C=O) groups is 1. The van der Waals surface area contributed by atoms with Gasteiger partial charge in [-0.2, -0.15) is 0 Å². The van der Waals surface area contributed by atoms with Crippen LogP contribution in [-0.4, -0.2) is 21.8 Å². The summed E-state index contributed by atoms with van der Waals surface area (Å²) in [7, 11) is 0. The normalized spacial score (nSPS) is 42.3. The summed E-state index contributed by atoms with van der Waals surface area (Å²) in [6, 6.07) is 0. The molecule has 2 aliphatic rings. The smallest absolute Gasteiger partial charge is 0.310 e. The molecule has 0 radical (unpaired) electrons. The number of hydrogen-bond donors (Lipinski definition) is 2. The molecule has 86 valence electrons. The lowest BCUT2D eigenvalue weighted by Crippen LogP contribution is -2.58. The molecular weight excluding hydrogens is 192 g/mol. The molecule has 0 aromatic carbocycles. The van der Waals surface area contributed by atoms with Gasteiger partial charge in [-0.15, -0.1) is 0 Å². The monoisotopic (exact) mass is 212 g/mol. The molecule has 2 rings (SSSR count). The molecule has 0 aliphatic heterocycles. The molecule has 2 N–H and O–H groups in total. The molecule has 0 atom stereocenters. The van der Waals surface area contributed by atoms with E-state index < -0.39 is 17.0 Å². The van der Waals surface area contributed by atoms with Crippen molar-refractivity contribution in [3.05, 3.63) is 0 Å². The zero-order valence-corrected chi connectivity index (χ0v) is 9.33. The van der Waals surface area contributed by atoms with Crippen LogP contribution in [0.4, 0.5) is 0 Å². The third-order valence-electron chi connectivity index (χ3n) is 4.21. The van der Waals surface area contributed by atoms with Gasteiger partial charge in [-0.05, 0) is 38.5 Å². The van der Waals surface area contributed by atoms with Gasteiger partial charge >= 0.3 is 5.97 Å². The van der Waals surface area contributed by atoms with Crippen LogP contribution in [0.1, 0.15) is 51.9 Å². The van der Waals surface area contributed by atoms with E-state index in [9.17, 15) is 15.0 Å². The Kier molecular flexibility index (Phi) is 2.53. The standard InChI is InChI=1S/C12H20O3/c1-11(15)7-12(8-11,10(13)14)9-5-3-2-4-6-9/h9,15H,2-8H2,1H3,(H,13,14). The Hall–Kier alpha value is -0.570. The largest absolute Gasteiger partial charge is 0.481 e. The van der Waals surface area contributed by atoms with Crippen molar-refractivity contribution < 1.29 is 15.0 Å². The Bertz CT molecular complexity index is 256. The van der Waals surface area contributed by atoms with Gasteiger partial charge in [0.15, 0.2) is 0 Å². The molecule has 2 saturated carbocycles. The highest BCUT2D eigenvalue weighted by Crippen LogP contribution is 2.56. The first-order chi connectivity index (χ1) is 6.96.